The fraction of sp³-hybridized carbons (Fsp3) is 0.588. The van der Waals surface area contributed by atoms with Gasteiger partial charge in [0, 0.05) is 44.3 Å². The first-order chi connectivity index (χ1) is 10.1. The number of hydrogen-bond acceptors (Lipinski definition) is 3. The Labute approximate surface area is 127 Å². The van der Waals surface area contributed by atoms with Gasteiger partial charge in [-0.2, -0.15) is 0 Å². The van der Waals surface area contributed by atoms with Gasteiger partial charge in [-0.1, -0.05) is 17.7 Å². The highest BCUT2D eigenvalue weighted by atomic mass is 16.2. The SMILES string of the molecule is Cc1ccc(C)c(C(=O)N2CCN(C3CCNC3)CC2)c1. The van der Waals surface area contributed by atoms with Gasteiger partial charge in [0.15, 0.2) is 0 Å². The number of nitrogens with one attached hydrogen (secondary N) is 1. The van der Waals surface area contributed by atoms with E-state index in [1.54, 1.807) is 0 Å². The summed E-state index contributed by atoms with van der Waals surface area (Å²) >= 11 is 0. The van der Waals surface area contributed by atoms with Gasteiger partial charge < -0.3 is 10.2 Å². The molecule has 21 heavy (non-hydrogen) atoms. The Bertz CT molecular complexity index is 515. The van der Waals surface area contributed by atoms with Gasteiger partial charge in [0.25, 0.3) is 5.91 Å². The van der Waals surface area contributed by atoms with Crippen molar-refractivity contribution in [2.45, 2.75) is 26.3 Å². The number of rotatable bonds is 2. The Morgan fingerprint density at radius 1 is 1.19 bits per heavy atom. The van der Waals surface area contributed by atoms with Crippen molar-refractivity contribution in [3.05, 3.63) is 34.9 Å². The Balaban J connectivity index is 1.63. The molecule has 1 aromatic carbocycles. The van der Waals surface area contributed by atoms with Gasteiger partial charge in [-0.25, -0.2) is 0 Å². The van der Waals surface area contributed by atoms with E-state index in [0.717, 1.165) is 56.0 Å². The van der Waals surface area contributed by atoms with Gasteiger partial charge in [0.1, 0.15) is 0 Å². The molecular formula is C17H25N3O. The number of hydrogen-bond donors (Lipinski definition) is 1. The fourth-order valence-electron chi connectivity index (χ4n) is 3.38. The van der Waals surface area contributed by atoms with E-state index in [1.165, 1.54) is 6.42 Å². The molecule has 0 aliphatic carbocycles. The first-order valence-corrected chi connectivity index (χ1v) is 7.96. The Kier molecular flexibility index (Phi) is 4.27. The van der Waals surface area contributed by atoms with Crippen LogP contribution < -0.4 is 5.32 Å². The number of aryl methyl sites for hydroxylation is 2. The van der Waals surface area contributed by atoms with Crippen LogP contribution in [-0.4, -0.2) is 61.0 Å². The number of carbonyl (C=O) groups excluding carboxylic acids is 1. The van der Waals surface area contributed by atoms with Crippen LogP contribution in [-0.2, 0) is 0 Å². The van der Waals surface area contributed by atoms with Crippen molar-refractivity contribution in [3.63, 3.8) is 0 Å². The third-order valence-corrected chi connectivity index (χ3v) is 4.78. The molecule has 1 amide bonds. The number of benzene rings is 1. The lowest BCUT2D eigenvalue weighted by atomic mass is 10.0. The molecule has 114 valence electrons. The molecule has 0 saturated carbocycles. The van der Waals surface area contributed by atoms with Gasteiger partial charge >= 0.3 is 0 Å². The minimum absolute atomic E-state index is 0.195. The third-order valence-electron chi connectivity index (χ3n) is 4.78. The van der Waals surface area contributed by atoms with E-state index in [9.17, 15) is 4.79 Å². The number of nitrogens with zero attached hydrogens (tertiary/aromatic N) is 2. The van der Waals surface area contributed by atoms with Gasteiger partial charge in [-0.05, 0) is 38.4 Å². The highest BCUT2D eigenvalue weighted by Gasteiger charge is 2.28. The summed E-state index contributed by atoms with van der Waals surface area (Å²) < 4.78 is 0. The first kappa shape index (κ1) is 14.5. The maximum atomic E-state index is 12.7. The van der Waals surface area contributed by atoms with Crippen LogP contribution in [0.3, 0.4) is 0 Å². The molecule has 2 aliphatic heterocycles. The topological polar surface area (TPSA) is 35.6 Å². The molecule has 2 fully saturated rings. The Morgan fingerprint density at radius 3 is 2.62 bits per heavy atom. The highest BCUT2D eigenvalue weighted by molar-refractivity contribution is 5.95. The standard InChI is InChI=1S/C17H25N3O/c1-13-3-4-14(2)16(11-13)17(21)20-9-7-19(8-10-20)15-5-6-18-12-15/h3-4,11,15,18H,5-10,12H2,1-2H3. The monoisotopic (exact) mass is 287 g/mol. The van der Waals surface area contributed by atoms with Crippen LogP contribution in [0.5, 0.6) is 0 Å². The molecule has 3 rings (SSSR count). The Morgan fingerprint density at radius 2 is 1.95 bits per heavy atom. The van der Waals surface area contributed by atoms with E-state index in [4.69, 9.17) is 0 Å². The van der Waals surface area contributed by atoms with E-state index in [1.807, 2.05) is 30.9 Å². The van der Waals surface area contributed by atoms with E-state index >= 15 is 0 Å². The lowest BCUT2D eigenvalue weighted by Gasteiger charge is -2.38. The molecular weight excluding hydrogens is 262 g/mol. The molecule has 1 unspecified atom stereocenters. The average molecular weight is 287 g/mol. The second-order valence-electron chi connectivity index (χ2n) is 6.29. The molecule has 0 radical (unpaired) electrons. The van der Waals surface area contributed by atoms with E-state index < -0.39 is 0 Å². The number of piperazine rings is 1. The average Bonchev–Trinajstić information content (AvgIpc) is 3.03. The second kappa shape index (κ2) is 6.16. The number of carbonyl (C=O) groups is 1. The molecule has 1 N–H and O–H groups in total. The highest BCUT2D eigenvalue weighted by Crippen LogP contribution is 2.17. The lowest BCUT2D eigenvalue weighted by molar-refractivity contribution is 0.0583. The molecule has 0 spiro atoms. The summed E-state index contributed by atoms with van der Waals surface area (Å²) in [6.07, 6.45) is 1.24. The molecule has 1 atom stereocenters. The summed E-state index contributed by atoms with van der Waals surface area (Å²) in [6, 6.07) is 6.80. The maximum absolute atomic E-state index is 12.7. The van der Waals surface area contributed by atoms with Gasteiger partial charge in [0.05, 0.1) is 0 Å². The second-order valence-corrected chi connectivity index (χ2v) is 6.29. The molecule has 0 bridgehead atoms. The smallest absolute Gasteiger partial charge is 0.254 e. The molecule has 1 aromatic rings. The molecule has 4 heteroatoms. The predicted molar refractivity (Wildman–Crippen MR) is 84.7 cm³/mol. The molecule has 2 saturated heterocycles. The maximum Gasteiger partial charge on any atom is 0.254 e. The molecule has 2 aliphatic rings. The quantitative estimate of drug-likeness (QED) is 0.893. The largest absolute Gasteiger partial charge is 0.336 e. The zero-order valence-corrected chi connectivity index (χ0v) is 13.1. The summed E-state index contributed by atoms with van der Waals surface area (Å²) in [5, 5.41) is 3.42. The summed E-state index contributed by atoms with van der Waals surface area (Å²) in [5.41, 5.74) is 3.10. The van der Waals surface area contributed by atoms with Crippen LogP contribution in [0.4, 0.5) is 0 Å². The molecule has 0 aromatic heterocycles. The van der Waals surface area contributed by atoms with Crippen molar-refractivity contribution in [3.8, 4) is 0 Å². The van der Waals surface area contributed by atoms with Crippen molar-refractivity contribution in [2.75, 3.05) is 39.3 Å². The summed E-state index contributed by atoms with van der Waals surface area (Å²) in [7, 11) is 0. The van der Waals surface area contributed by atoms with E-state index in [-0.39, 0.29) is 5.91 Å². The van der Waals surface area contributed by atoms with E-state index in [0.29, 0.717) is 6.04 Å². The van der Waals surface area contributed by atoms with Crippen LogP contribution in [0.1, 0.15) is 27.9 Å². The zero-order chi connectivity index (χ0) is 14.8. The third kappa shape index (κ3) is 3.11. The summed E-state index contributed by atoms with van der Waals surface area (Å²) in [6.45, 7) is 10.0. The minimum atomic E-state index is 0.195. The van der Waals surface area contributed by atoms with Crippen molar-refractivity contribution in [1.82, 2.24) is 15.1 Å². The molecule has 2 heterocycles. The van der Waals surface area contributed by atoms with Crippen LogP contribution >= 0.6 is 0 Å². The van der Waals surface area contributed by atoms with Crippen molar-refractivity contribution in [2.24, 2.45) is 0 Å². The summed E-state index contributed by atoms with van der Waals surface area (Å²) in [5.74, 6) is 0.195. The van der Waals surface area contributed by atoms with Gasteiger partial charge in [-0.3, -0.25) is 9.69 Å². The van der Waals surface area contributed by atoms with Crippen molar-refractivity contribution < 1.29 is 4.79 Å². The van der Waals surface area contributed by atoms with Gasteiger partial charge in [0.2, 0.25) is 0 Å². The minimum Gasteiger partial charge on any atom is -0.336 e. The van der Waals surface area contributed by atoms with Crippen LogP contribution in [0, 0.1) is 13.8 Å². The lowest BCUT2D eigenvalue weighted by Crippen LogP contribution is -2.52. The summed E-state index contributed by atoms with van der Waals surface area (Å²) in [4.78, 5) is 17.2. The van der Waals surface area contributed by atoms with Crippen molar-refractivity contribution in [1.29, 1.82) is 0 Å². The van der Waals surface area contributed by atoms with E-state index in [2.05, 4.69) is 16.3 Å². The molecule has 4 nitrogen and oxygen atoms in total. The Hall–Kier alpha value is -1.39. The van der Waals surface area contributed by atoms with Crippen LogP contribution in [0.25, 0.3) is 0 Å². The van der Waals surface area contributed by atoms with Crippen LogP contribution in [0.15, 0.2) is 18.2 Å². The fourth-order valence-corrected chi connectivity index (χ4v) is 3.38. The predicted octanol–water partition coefficient (Wildman–Crippen LogP) is 1.42. The number of amides is 1. The first-order valence-electron chi connectivity index (χ1n) is 7.96. The van der Waals surface area contributed by atoms with Crippen LogP contribution in [0.2, 0.25) is 0 Å². The van der Waals surface area contributed by atoms with Gasteiger partial charge in [-0.15, -0.1) is 0 Å². The normalized spacial score (nSPS) is 23.5. The zero-order valence-electron chi connectivity index (χ0n) is 13.1. The van der Waals surface area contributed by atoms with Crippen molar-refractivity contribution >= 4 is 5.91 Å².